The lowest BCUT2D eigenvalue weighted by Crippen LogP contribution is -2.23. The topological polar surface area (TPSA) is 166 Å². The first kappa shape index (κ1) is 16.1. The molecule has 0 spiro atoms. The van der Waals surface area contributed by atoms with Gasteiger partial charge in [-0.25, -0.2) is 0 Å². The maximum atomic E-state index is 11.1. The van der Waals surface area contributed by atoms with Gasteiger partial charge in [0, 0.05) is 0 Å². The highest BCUT2D eigenvalue weighted by molar-refractivity contribution is 5.90. The Bertz CT molecular complexity index is 441. The van der Waals surface area contributed by atoms with E-state index in [-0.39, 0.29) is 0 Å². The van der Waals surface area contributed by atoms with E-state index in [4.69, 9.17) is 20.7 Å². The quantitative estimate of drug-likeness (QED) is 0.466. The smallest absolute Gasteiger partial charge is 0.321 e. The van der Waals surface area contributed by atoms with Gasteiger partial charge in [0.15, 0.2) is 11.8 Å². The van der Waals surface area contributed by atoms with Crippen molar-refractivity contribution in [2.45, 2.75) is 12.8 Å². The number of hydrogen-bond donors (Lipinski definition) is 2. The van der Waals surface area contributed by atoms with Crippen molar-refractivity contribution in [3.05, 3.63) is 0 Å². The third-order valence-electron chi connectivity index (χ3n) is 1.88. The largest absolute Gasteiger partial charge is 0.480 e. The van der Waals surface area contributed by atoms with Gasteiger partial charge in [0.05, 0.1) is 25.0 Å². The Balaban J connectivity index is 4.40. The summed E-state index contributed by atoms with van der Waals surface area (Å²) in [5, 5.41) is 33.7. The Labute approximate surface area is 106 Å². The van der Waals surface area contributed by atoms with Gasteiger partial charge in [-0.1, -0.05) is 0 Å². The molecule has 0 aromatic heterocycles. The Kier molecular flexibility index (Phi) is 6.25. The third kappa shape index (κ3) is 5.79. The van der Waals surface area contributed by atoms with Crippen molar-refractivity contribution in [1.29, 1.82) is 10.5 Å². The number of nitrogens with zero attached hydrogens (tertiary/aromatic N) is 2. The second kappa shape index (κ2) is 7.40. The summed E-state index contributed by atoms with van der Waals surface area (Å²) in [4.78, 5) is 43.0. The van der Waals surface area contributed by atoms with Crippen molar-refractivity contribution in [3.8, 4) is 12.1 Å². The highest BCUT2D eigenvalue weighted by Gasteiger charge is 2.26. The number of carbonyl (C=O) groups excluding carboxylic acids is 2. The predicted molar refractivity (Wildman–Crippen MR) is 53.8 cm³/mol. The molecule has 0 heterocycles. The summed E-state index contributed by atoms with van der Waals surface area (Å²) in [5.41, 5.74) is 0. The minimum absolute atomic E-state index is 0.845. The van der Waals surface area contributed by atoms with Gasteiger partial charge in [-0.15, -0.1) is 0 Å². The van der Waals surface area contributed by atoms with E-state index in [0.29, 0.717) is 0 Å². The lowest BCUT2D eigenvalue weighted by Gasteiger charge is -2.05. The van der Waals surface area contributed by atoms with Crippen molar-refractivity contribution in [2.24, 2.45) is 11.8 Å². The molecular formula is C10H8N2O7. The molecule has 9 heteroatoms. The molecule has 0 saturated carbocycles. The molecule has 0 aliphatic carbocycles. The van der Waals surface area contributed by atoms with E-state index in [1.807, 2.05) is 0 Å². The summed E-state index contributed by atoms with van der Waals surface area (Å²) in [6.07, 6.45) is -1.69. The number of carbonyl (C=O) groups is 4. The number of aliphatic carboxylic acids is 2. The maximum Gasteiger partial charge on any atom is 0.321 e. The Morgan fingerprint density at radius 2 is 1.21 bits per heavy atom. The first-order chi connectivity index (χ1) is 8.81. The highest BCUT2D eigenvalue weighted by Crippen LogP contribution is 2.07. The minimum atomic E-state index is -1.66. The van der Waals surface area contributed by atoms with Gasteiger partial charge < -0.3 is 14.9 Å². The van der Waals surface area contributed by atoms with E-state index < -0.39 is 48.6 Å². The van der Waals surface area contributed by atoms with Crippen LogP contribution in [0.5, 0.6) is 0 Å². The molecule has 2 unspecified atom stereocenters. The monoisotopic (exact) mass is 268 g/mol. The number of carboxylic acid groups (broad SMARTS) is 2. The van der Waals surface area contributed by atoms with Crippen LogP contribution in [0.4, 0.5) is 0 Å². The molecule has 0 aromatic rings. The Morgan fingerprint density at radius 1 is 0.895 bits per heavy atom. The minimum Gasteiger partial charge on any atom is -0.480 e. The summed E-state index contributed by atoms with van der Waals surface area (Å²) in [6, 6.07) is 2.64. The van der Waals surface area contributed by atoms with Crippen molar-refractivity contribution < 1.29 is 34.1 Å². The molecule has 0 aliphatic rings. The molecule has 0 fully saturated rings. The molecule has 0 bridgehead atoms. The van der Waals surface area contributed by atoms with E-state index >= 15 is 0 Å². The second-order valence-corrected chi connectivity index (χ2v) is 3.29. The molecule has 0 amide bonds. The molecule has 2 N–H and O–H groups in total. The van der Waals surface area contributed by atoms with Crippen LogP contribution in [0.25, 0.3) is 0 Å². The van der Waals surface area contributed by atoms with Crippen LogP contribution in [0, 0.1) is 34.5 Å². The first-order valence-corrected chi connectivity index (χ1v) is 4.80. The predicted octanol–water partition coefficient (Wildman–Crippen LogP) is -0.715. The van der Waals surface area contributed by atoms with E-state index in [0.717, 1.165) is 0 Å². The van der Waals surface area contributed by atoms with E-state index in [1.165, 1.54) is 12.1 Å². The highest BCUT2D eigenvalue weighted by atomic mass is 16.6. The van der Waals surface area contributed by atoms with Gasteiger partial charge in [0.1, 0.15) is 0 Å². The number of hydrogen-bond acceptors (Lipinski definition) is 7. The van der Waals surface area contributed by atoms with Crippen LogP contribution in [-0.4, -0.2) is 34.1 Å². The van der Waals surface area contributed by atoms with E-state index in [9.17, 15) is 19.2 Å². The zero-order valence-corrected chi connectivity index (χ0v) is 9.40. The van der Waals surface area contributed by atoms with Gasteiger partial charge in [0.2, 0.25) is 0 Å². The van der Waals surface area contributed by atoms with Gasteiger partial charge in [-0.2, -0.15) is 10.5 Å². The molecule has 2 atom stereocenters. The number of carboxylic acids is 2. The van der Waals surface area contributed by atoms with Crippen LogP contribution in [0.15, 0.2) is 0 Å². The molecule has 100 valence electrons. The van der Waals surface area contributed by atoms with E-state index in [2.05, 4.69) is 4.74 Å². The van der Waals surface area contributed by atoms with Crippen LogP contribution in [-0.2, 0) is 23.9 Å². The number of esters is 2. The number of rotatable bonds is 6. The fourth-order valence-corrected chi connectivity index (χ4v) is 0.920. The summed E-state index contributed by atoms with van der Waals surface area (Å²) in [5.74, 6) is -8.97. The normalized spacial score (nSPS) is 12.3. The fraction of sp³-hybridized carbons (Fsp3) is 0.400. The van der Waals surface area contributed by atoms with Crippen LogP contribution < -0.4 is 0 Å². The standard InChI is InChI=1S/C10H8N2O7/c11-3-5(9(15)16)1-7(13)19-8(14)2-6(4-12)10(17)18/h5-6H,1-2H2,(H,15,16)(H,17,18). The van der Waals surface area contributed by atoms with Crippen LogP contribution >= 0.6 is 0 Å². The second-order valence-electron chi connectivity index (χ2n) is 3.29. The van der Waals surface area contributed by atoms with Crippen molar-refractivity contribution >= 4 is 23.9 Å². The van der Waals surface area contributed by atoms with Crippen molar-refractivity contribution in [1.82, 2.24) is 0 Å². The van der Waals surface area contributed by atoms with E-state index in [1.54, 1.807) is 0 Å². The molecule has 9 nitrogen and oxygen atoms in total. The summed E-state index contributed by atoms with van der Waals surface area (Å²) in [7, 11) is 0. The fourth-order valence-electron chi connectivity index (χ4n) is 0.920. The molecule has 19 heavy (non-hydrogen) atoms. The maximum absolute atomic E-state index is 11.1. The number of ether oxygens (including phenoxy) is 1. The molecule has 0 rings (SSSR count). The van der Waals surface area contributed by atoms with Crippen LogP contribution in [0.1, 0.15) is 12.8 Å². The van der Waals surface area contributed by atoms with Gasteiger partial charge >= 0.3 is 23.9 Å². The van der Waals surface area contributed by atoms with Crippen molar-refractivity contribution in [2.75, 3.05) is 0 Å². The van der Waals surface area contributed by atoms with Crippen LogP contribution in [0.2, 0.25) is 0 Å². The summed E-state index contributed by atoms with van der Waals surface area (Å²) >= 11 is 0. The molecule has 0 aliphatic heterocycles. The van der Waals surface area contributed by atoms with Gasteiger partial charge in [-0.05, 0) is 0 Å². The lowest BCUT2D eigenvalue weighted by molar-refractivity contribution is -0.163. The number of nitriles is 2. The molecule has 0 aromatic carbocycles. The Hall–Kier alpha value is -2.94. The zero-order valence-electron chi connectivity index (χ0n) is 9.40. The SMILES string of the molecule is N#CC(CC(=O)OC(=O)CC(C#N)C(=O)O)C(=O)O. The van der Waals surface area contributed by atoms with Gasteiger partial charge in [-0.3, -0.25) is 19.2 Å². The van der Waals surface area contributed by atoms with Crippen LogP contribution in [0.3, 0.4) is 0 Å². The Morgan fingerprint density at radius 3 is 1.42 bits per heavy atom. The first-order valence-electron chi connectivity index (χ1n) is 4.80. The van der Waals surface area contributed by atoms with Gasteiger partial charge in [0.25, 0.3) is 0 Å². The average molecular weight is 268 g/mol. The summed E-state index contributed by atoms with van der Waals surface area (Å²) < 4.78 is 4.11. The average Bonchev–Trinajstić information content (AvgIpc) is 2.32. The zero-order chi connectivity index (χ0) is 15.0. The third-order valence-corrected chi connectivity index (χ3v) is 1.88. The lowest BCUT2D eigenvalue weighted by atomic mass is 10.1. The van der Waals surface area contributed by atoms with Crippen molar-refractivity contribution in [3.63, 3.8) is 0 Å². The molecular weight excluding hydrogens is 260 g/mol. The summed E-state index contributed by atoms with van der Waals surface area (Å²) in [6.45, 7) is 0. The molecule has 0 radical (unpaired) electrons. The molecule has 0 saturated heterocycles.